The van der Waals surface area contributed by atoms with Gasteiger partial charge in [0.2, 0.25) is 0 Å². The number of hydrogen-bond donors (Lipinski definition) is 1. The normalized spacial score (nSPS) is 9.62. The summed E-state index contributed by atoms with van der Waals surface area (Å²) >= 11 is 4.59. The number of nitrogen functional groups attached to an aromatic ring is 1. The summed E-state index contributed by atoms with van der Waals surface area (Å²) < 4.78 is 5.75. The average molecular weight is 200 g/mol. The summed E-state index contributed by atoms with van der Waals surface area (Å²) in [7, 11) is 0. The summed E-state index contributed by atoms with van der Waals surface area (Å²) in [4.78, 5) is 10.8. The molecule has 0 fully saturated rings. The van der Waals surface area contributed by atoms with Crippen LogP contribution in [0.4, 0.5) is 0 Å². The number of rotatable bonds is 3. The number of esters is 1. The van der Waals surface area contributed by atoms with E-state index in [0.717, 1.165) is 4.68 Å². The van der Waals surface area contributed by atoms with Gasteiger partial charge in [0.15, 0.2) is 5.82 Å². The van der Waals surface area contributed by atoms with Crippen LogP contribution in [0.2, 0.25) is 0 Å². The number of aromatic nitrogens is 3. The minimum absolute atomic E-state index is 0.0528. The number of nitrogens with zero attached hydrogens (tertiary/aromatic N) is 3. The highest BCUT2D eigenvalue weighted by Crippen LogP contribution is 2.04. The van der Waals surface area contributed by atoms with Gasteiger partial charge >= 0.3 is 12.0 Å². The van der Waals surface area contributed by atoms with Gasteiger partial charge < -0.3 is 10.6 Å². The molecule has 1 aromatic heterocycles. The zero-order chi connectivity index (χ0) is 9.84. The van der Waals surface area contributed by atoms with Crippen molar-refractivity contribution in [2.75, 3.05) is 5.84 Å². The van der Waals surface area contributed by atoms with Crippen LogP contribution in [0.25, 0.3) is 0 Å². The van der Waals surface area contributed by atoms with Crippen molar-refractivity contribution in [3.63, 3.8) is 0 Å². The summed E-state index contributed by atoms with van der Waals surface area (Å²) in [5.41, 5.74) is 0. The fourth-order valence-electron chi connectivity index (χ4n) is 0.612. The maximum absolute atomic E-state index is 10.8. The molecule has 1 heterocycles. The minimum atomic E-state index is -0.421. The lowest BCUT2D eigenvalue weighted by Gasteiger charge is -1.99. The topological polar surface area (TPSA) is 83.0 Å². The summed E-state index contributed by atoms with van der Waals surface area (Å²) in [6.45, 7) is 1.67. The maximum atomic E-state index is 10.8. The summed E-state index contributed by atoms with van der Waals surface area (Å²) in [5.74, 6) is 5.28. The average Bonchev–Trinajstić information content (AvgIpc) is 2.48. The molecule has 0 aliphatic heterocycles. The predicted octanol–water partition coefficient (Wildman–Crippen LogP) is -0.345. The van der Waals surface area contributed by atoms with E-state index in [0.29, 0.717) is 0 Å². The predicted molar refractivity (Wildman–Crippen MR) is 48.9 cm³/mol. The van der Waals surface area contributed by atoms with Gasteiger partial charge in [-0.3, -0.25) is 4.79 Å². The maximum Gasteiger partial charge on any atom is 0.344 e. The van der Waals surface area contributed by atoms with E-state index < -0.39 is 5.97 Å². The second-order valence-corrected chi connectivity index (χ2v) is 2.39. The van der Waals surface area contributed by atoms with E-state index in [1.165, 1.54) is 5.37 Å². The van der Waals surface area contributed by atoms with Crippen molar-refractivity contribution < 1.29 is 9.53 Å². The molecular weight excluding hydrogens is 192 g/mol. The van der Waals surface area contributed by atoms with Crippen LogP contribution < -0.4 is 10.6 Å². The van der Waals surface area contributed by atoms with E-state index in [1.54, 1.807) is 6.92 Å². The lowest BCUT2D eigenvalue weighted by Crippen LogP contribution is -2.17. The Balaban J connectivity index is 2.84. The van der Waals surface area contributed by atoms with Gasteiger partial charge in [-0.05, 0) is 0 Å². The molecule has 6 nitrogen and oxygen atoms in total. The smallest absolute Gasteiger partial charge is 0.344 e. The van der Waals surface area contributed by atoms with E-state index in [2.05, 4.69) is 22.4 Å². The van der Waals surface area contributed by atoms with Crippen LogP contribution >= 0.6 is 12.2 Å². The van der Waals surface area contributed by atoms with E-state index in [-0.39, 0.29) is 18.3 Å². The highest BCUT2D eigenvalue weighted by Gasteiger charge is 2.11. The van der Waals surface area contributed by atoms with Crippen LogP contribution in [0.5, 0.6) is 6.01 Å². The fraction of sp³-hybridized carbons (Fsp3) is 0.333. The Labute approximate surface area is 79.7 Å². The number of ether oxygens (including phenoxy) is 1. The van der Waals surface area contributed by atoms with Gasteiger partial charge in [-0.25, -0.2) is 0 Å². The third kappa shape index (κ3) is 2.00. The Morgan fingerprint density at radius 1 is 1.77 bits per heavy atom. The number of carbonyl (C=O) groups excluding carboxylic acids is 1. The molecule has 0 saturated heterocycles. The standard InChI is InChI=1S/C6H8N4O2S/c1-2-5(11)12-6-9-8-4(3-13)10(6)7/h3H,2,7H2,1H3. The molecule has 0 amide bonds. The molecule has 7 heteroatoms. The fourth-order valence-corrected chi connectivity index (χ4v) is 0.773. The second kappa shape index (κ2) is 3.94. The third-order valence-corrected chi connectivity index (χ3v) is 1.50. The van der Waals surface area contributed by atoms with Crippen molar-refractivity contribution in [3.05, 3.63) is 5.82 Å². The molecule has 0 unspecified atom stereocenters. The quantitative estimate of drug-likeness (QED) is 0.408. The number of thiocarbonyl (C=S) groups is 1. The zero-order valence-electron chi connectivity index (χ0n) is 6.93. The van der Waals surface area contributed by atoms with Crippen LogP contribution in [0.3, 0.4) is 0 Å². The van der Waals surface area contributed by atoms with Gasteiger partial charge in [-0.15, -0.1) is 5.10 Å². The van der Waals surface area contributed by atoms with E-state index in [1.807, 2.05) is 0 Å². The zero-order valence-corrected chi connectivity index (χ0v) is 7.74. The summed E-state index contributed by atoms with van der Waals surface area (Å²) in [5, 5.41) is 8.34. The molecule has 13 heavy (non-hydrogen) atoms. The van der Waals surface area contributed by atoms with Crippen molar-refractivity contribution >= 4 is 23.6 Å². The highest BCUT2D eigenvalue weighted by molar-refractivity contribution is 7.79. The summed E-state index contributed by atoms with van der Waals surface area (Å²) in [6.07, 6.45) is 0.250. The summed E-state index contributed by atoms with van der Waals surface area (Å²) in [6, 6.07) is -0.0528. The van der Waals surface area contributed by atoms with E-state index in [9.17, 15) is 4.79 Å². The first-order valence-electron chi connectivity index (χ1n) is 3.55. The van der Waals surface area contributed by atoms with Crippen molar-refractivity contribution in [2.24, 2.45) is 0 Å². The molecule has 2 N–H and O–H groups in total. The van der Waals surface area contributed by atoms with Gasteiger partial charge in [0.05, 0.1) is 0 Å². The number of carbonyl (C=O) groups is 1. The molecule has 0 aliphatic rings. The van der Waals surface area contributed by atoms with Crippen LogP contribution in [-0.2, 0) is 4.79 Å². The SMILES string of the molecule is CCC(=O)Oc1nnc(C=S)n1N. The van der Waals surface area contributed by atoms with Gasteiger partial charge in [-0.2, -0.15) is 4.68 Å². The minimum Gasteiger partial charge on any atom is -0.390 e. The third-order valence-electron chi connectivity index (χ3n) is 1.29. The number of nitrogens with two attached hydrogens (primary N) is 1. The van der Waals surface area contributed by atoms with Crippen LogP contribution in [0.1, 0.15) is 19.2 Å². The molecule has 0 bridgehead atoms. The molecule has 1 rings (SSSR count). The Kier molecular flexibility index (Phi) is 2.91. The monoisotopic (exact) mass is 200 g/mol. The molecule has 0 spiro atoms. The largest absolute Gasteiger partial charge is 0.390 e. The van der Waals surface area contributed by atoms with E-state index >= 15 is 0 Å². The Morgan fingerprint density at radius 2 is 2.46 bits per heavy atom. The first-order chi connectivity index (χ1) is 6.19. The Hall–Kier alpha value is -1.50. The van der Waals surface area contributed by atoms with Gasteiger partial charge in [0.25, 0.3) is 0 Å². The number of hydrogen-bond acceptors (Lipinski definition) is 6. The molecule has 0 atom stereocenters. The van der Waals surface area contributed by atoms with Gasteiger partial charge in [0.1, 0.15) is 0 Å². The Bertz CT molecular complexity index is 335. The van der Waals surface area contributed by atoms with Crippen LogP contribution in [-0.4, -0.2) is 26.2 Å². The Morgan fingerprint density at radius 3 is 2.92 bits per heavy atom. The first kappa shape index (κ1) is 9.59. The van der Waals surface area contributed by atoms with Crippen LogP contribution in [0, 0.1) is 0 Å². The molecular formula is C6H8N4O2S. The van der Waals surface area contributed by atoms with Gasteiger partial charge in [0, 0.05) is 11.8 Å². The molecule has 0 aromatic carbocycles. The molecule has 0 aliphatic carbocycles. The lowest BCUT2D eigenvalue weighted by atomic mass is 10.5. The van der Waals surface area contributed by atoms with E-state index in [4.69, 9.17) is 10.6 Å². The van der Waals surface area contributed by atoms with Crippen molar-refractivity contribution in [1.82, 2.24) is 14.9 Å². The lowest BCUT2D eigenvalue weighted by molar-refractivity contribution is -0.134. The van der Waals surface area contributed by atoms with Gasteiger partial charge in [-0.1, -0.05) is 24.2 Å². The highest BCUT2D eigenvalue weighted by atomic mass is 32.1. The molecule has 1 aromatic rings. The molecule has 0 saturated carbocycles. The molecule has 0 radical (unpaired) electrons. The molecule has 70 valence electrons. The second-order valence-electron chi connectivity index (χ2n) is 2.16. The van der Waals surface area contributed by atoms with Crippen LogP contribution in [0.15, 0.2) is 0 Å². The van der Waals surface area contributed by atoms with Crippen molar-refractivity contribution in [1.29, 1.82) is 0 Å². The van der Waals surface area contributed by atoms with Crippen molar-refractivity contribution in [3.8, 4) is 6.01 Å². The first-order valence-corrected chi connectivity index (χ1v) is 4.02. The van der Waals surface area contributed by atoms with Crippen molar-refractivity contribution in [2.45, 2.75) is 13.3 Å².